The molecule has 0 fully saturated rings. The molecular weight excluding hydrogens is 689 g/mol. The van der Waals surface area contributed by atoms with Crippen molar-refractivity contribution in [2.24, 2.45) is 0 Å². The summed E-state index contributed by atoms with van der Waals surface area (Å²) in [6.07, 6.45) is 3.73. The van der Waals surface area contributed by atoms with Gasteiger partial charge in [0.15, 0.2) is 0 Å². The van der Waals surface area contributed by atoms with Gasteiger partial charge in [0.2, 0.25) is 0 Å². The fraction of sp³-hybridized carbons (Fsp3) is 0. The number of anilines is 3. The number of para-hydroxylation sites is 1. The van der Waals surface area contributed by atoms with Crippen LogP contribution in [0.4, 0.5) is 17.1 Å². The quantitative estimate of drug-likeness (QED) is 0.163. The molecular formula is C55H36N2. The number of hydrogen-bond acceptors (Lipinski definition) is 2. The molecule has 0 amide bonds. The highest BCUT2D eigenvalue weighted by Crippen LogP contribution is 2.58. The largest absolute Gasteiger partial charge is 0.310 e. The number of benzene rings is 9. The lowest BCUT2D eigenvalue weighted by molar-refractivity contribution is 1.28. The summed E-state index contributed by atoms with van der Waals surface area (Å²) in [6, 6.07) is 74.9. The molecule has 10 aromatic rings. The Hall–Kier alpha value is -7.55. The van der Waals surface area contributed by atoms with Crippen molar-refractivity contribution in [1.29, 1.82) is 0 Å². The Balaban J connectivity index is 1.11. The molecule has 2 nitrogen and oxygen atoms in total. The molecule has 1 aromatic heterocycles. The summed E-state index contributed by atoms with van der Waals surface area (Å²) in [5, 5.41) is 5.11. The number of aromatic nitrogens is 1. The summed E-state index contributed by atoms with van der Waals surface area (Å²) < 4.78 is 0. The van der Waals surface area contributed by atoms with Crippen molar-refractivity contribution in [1.82, 2.24) is 4.98 Å². The van der Waals surface area contributed by atoms with E-state index >= 15 is 0 Å². The number of rotatable bonds is 7. The first kappa shape index (κ1) is 32.8. The van der Waals surface area contributed by atoms with E-state index in [1.807, 2.05) is 18.5 Å². The molecule has 1 aliphatic rings. The fourth-order valence-corrected chi connectivity index (χ4v) is 9.03. The van der Waals surface area contributed by atoms with Gasteiger partial charge in [-0.1, -0.05) is 164 Å². The molecule has 9 aromatic carbocycles. The topological polar surface area (TPSA) is 16.1 Å². The van der Waals surface area contributed by atoms with Crippen LogP contribution in [0.15, 0.2) is 219 Å². The van der Waals surface area contributed by atoms with Gasteiger partial charge in [0.25, 0.3) is 0 Å². The smallest absolute Gasteiger partial charge is 0.0467 e. The van der Waals surface area contributed by atoms with Gasteiger partial charge < -0.3 is 4.90 Å². The molecule has 0 aliphatic heterocycles. The third-order valence-corrected chi connectivity index (χ3v) is 11.5. The summed E-state index contributed by atoms with van der Waals surface area (Å²) in [6.45, 7) is 0. The predicted molar refractivity (Wildman–Crippen MR) is 240 cm³/mol. The van der Waals surface area contributed by atoms with Gasteiger partial charge in [-0.3, -0.25) is 4.98 Å². The highest BCUT2D eigenvalue weighted by atomic mass is 15.1. The highest BCUT2D eigenvalue weighted by Gasteiger charge is 2.31. The summed E-state index contributed by atoms with van der Waals surface area (Å²) in [5.74, 6) is 0. The molecule has 11 rings (SSSR count). The van der Waals surface area contributed by atoms with Gasteiger partial charge in [0, 0.05) is 29.5 Å². The Morgan fingerprint density at radius 3 is 1.46 bits per heavy atom. The van der Waals surface area contributed by atoms with Crippen molar-refractivity contribution in [3.8, 4) is 66.8 Å². The third kappa shape index (κ3) is 5.45. The van der Waals surface area contributed by atoms with E-state index in [1.165, 1.54) is 77.2 Å². The molecule has 1 heterocycles. The Kier molecular flexibility index (Phi) is 7.86. The standard InChI is InChI=1S/C55H36N2/c1-4-15-38(16-5-1)51-47-24-10-11-25-48(47)52(39-17-6-2-7-18-39)55-50-33-32-45(46-26-13-27-49(53(46)50)54(51)55)40-19-12-23-44(35-40)57(42-21-8-3-9-22-42)43-30-28-37(29-31-43)41-20-14-34-56-36-41/h1-36H. The van der Waals surface area contributed by atoms with E-state index in [2.05, 4.69) is 210 Å². The molecule has 0 radical (unpaired) electrons. The second-order valence-electron chi connectivity index (χ2n) is 14.7. The molecule has 2 heteroatoms. The molecule has 0 unspecified atom stereocenters. The van der Waals surface area contributed by atoms with E-state index in [-0.39, 0.29) is 0 Å². The van der Waals surface area contributed by atoms with Crippen LogP contribution in [-0.4, -0.2) is 4.98 Å². The first-order valence-electron chi connectivity index (χ1n) is 19.5. The molecule has 0 saturated heterocycles. The zero-order valence-electron chi connectivity index (χ0n) is 31.2. The summed E-state index contributed by atoms with van der Waals surface area (Å²) in [4.78, 5) is 6.68. The van der Waals surface area contributed by atoms with Crippen molar-refractivity contribution in [3.05, 3.63) is 219 Å². The fourth-order valence-electron chi connectivity index (χ4n) is 9.03. The first-order chi connectivity index (χ1) is 28.3. The lowest BCUT2D eigenvalue weighted by atomic mass is 9.82. The summed E-state index contributed by atoms with van der Waals surface area (Å²) >= 11 is 0. The van der Waals surface area contributed by atoms with Crippen LogP contribution in [0.3, 0.4) is 0 Å². The van der Waals surface area contributed by atoms with Crippen LogP contribution in [0.5, 0.6) is 0 Å². The van der Waals surface area contributed by atoms with Crippen LogP contribution in [0, 0.1) is 0 Å². The molecule has 57 heavy (non-hydrogen) atoms. The Bertz CT molecular complexity index is 2990. The number of hydrogen-bond donors (Lipinski definition) is 0. The van der Waals surface area contributed by atoms with Crippen LogP contribution in [0.2, 0.25) is 0 Å². The van der Waals surface area contributed by atoms with Crippen LogP contribution >= 0.6 is 0 Å². The van der Waals surface area contributed by atoms with Gasteiger partial charge in [0.05, 0.1) is 0 Å². The lowest BCUT2D eigenvalue weighted by Gasteiger charge is -2.26. The van der Waals surface area contributed by atoms with Crippen LogP contribution < -0.4 is 4.90 Å². The average Bonchev–Trinajstić information content (AvgIpc) is 3.62. The van der Waals surface area contributed by atoms with Gasteiger partial charge in [-0.25, -0.2) is 0 Å². The average molecular weight is 725 g/mol. The monoisotopic (exact) mass is 724 g/mol. The lowest BCUT2D eigenvalue weighted by Crippen LogP contribution is -2.09. The number of nitrogens with zero attached hydrogens (tertiary/aromatic N) is 2. The minimum absolute atomic E-state index is 1.09. The van der Waals surface area contributed by atoms with E-state index in [4.69, 9.17) is 0 Å². The van der Waals surface area contributed by atoms with Crippen LogP contribution in [0.25, 0.3) is 88.3 Å². The molecule has 0 spiro atoms. The SMILES string of the molecule is c1ccc(-c2c3c(c(-c4ccccc4)c4ccccc24)-c2ccc(-c4cccc(N(c5ccccc5)c5ccc(-c6cccnc6)cc5)c4)c4cccc-3c24)cc1. The highest BCUT2D eigenvalue weighted by molar-refractivity contribution is 6.28. The van der Waals surface area contributed by atoms with E-state index < -0.39 is 0 Å². The van der Waals surface area contributed by atoms with Gasteiger partial charge in [-0.05, 0) is 131 Å². The summed E-state index contributed by atoms with van der Waals surface area (Å²) in [7, 11) is 0. The second-order valence-corrected chi connectivity index (χ2v) is 14.7. The van der Waals surface area contributed by atoms with Crippen LogP contribution in [-0.2, 0) is 0 Å². The Morgan fingerprint density at radius 1 is 0.298 bits per heavy atom. The minimum atomic E-state index is 1.09. The Morgan fingerprint density at radius 2 is 0.807 bits per heavy atom. The number of pyridine rings is 1. The molecule has 0 bridgehead atoms. The first-order valence-corrected chi connectivity index (χ1v) is 19.5. The van der Waals surface area contributed by atoms with Gasteiger partial charge in [-0.15, -0.1) is 0 Å². The minimum Gasteiger partial charge on any atom is -0.310 e. The summed E-state index contributed by atoms with van der Waals surface area (Å²) in [5.41, 5.74) is 18.2. The van der Waals surface area contributed by atoms with E-state index in [0.29, 0.717) is 0 Å². The van der Waals surface area contributed by atoms with Crippen molar-refractivity contribution >= 4 is 38.6 Å². The van der Waals surface area contributed by atoms with Crippen molar-refractivity contribution < 1.29 is 0 Å². The second kappa shape index (κ2) is 13.6. The molecule has 0 saturated carbocycles. The van der Waals surface area contributed by atoms with E-state index in [1.54, 1.807) is 0 Å². The zero-order valence-corrected chi connectivity index (χ0v) is 31.2. The molecule has 0 N–H and O–H groups in total. The maximum absolute atomic E-state index is 4.34. The third-order valence-electron chi connectivity index (χ3n) is 11.5. The molecule has 266 valence electrons. The van der Waals surface area contributed by atoms with Crippen molar-refractivity contribution in [3.63, 3.8) is 0 Å². The normalized spacial score (nSPS) is 11.5. The van der Waals surface area contributed by atoms with E-state index in [9.17, 15) is 0 Å². The maximum Gasteiger partial charge on any atom is 0.0467 e. The van der Waals surface area contributed by atoms with Crippen molar-refractivity contribution in [2.75, 3.05) is 4.90 Å². The van der Waals surface area contributed by atoms with E-state index in [0.717, 1.165) is 28.2 Å². The van der Waals surface area contributed by atoms with Crippen LogP contribution in [0.1, 0.15) is 0 Å². The number of fused-ring (bicyclic) bond motifs is 4. The van der Waals surface area contributed by atoms with Gasteiger partial charge in [0.1, 0.15) is 0 Å². The maximum atomic E-state index is 4.34. The van der Waals surface area contributed by atoms with Gasteiger partial charge in [-0.2, -0.15) is 0 Å². The Labute approximate surface area is 332 Å². The molecule has 0 atom stereocenters. The predicted octanol–water partition coefficient (Wildman–Crippen LogP) is 15.2. The molecule has 1 aliphatic carbocycles. The van der Waals surface area contributed by atoms with Crippen molar-refractivity contribution in [2.45, 2.75) is 0 Å². The van der Waals surface area contributed by atoms with Gasteiger partial charge >= 0.3 is 0 Å². The zero-order chi connectivity index (χ0) is 37.7.